The normalized spacial score (nSPS) is 19.6. The second-order valence-electron chi connectivity index (χ2n) is 4.98. The van der Waals surface area contributed by atoms with Crippen LogP contribution >= 0.6 is 11.6 Å². The van der Waals surface area contributed by atoms with Crippen molar-refractivity contribution in [1.29, 1.82) is 0 Å². The lowest BCUT2D eigenvalue weighted by molar-refractivity contribution is 0.0984. The maximum atomic E-state index is 13.2. The van der Waals surface area contributed by atoms with E-state index >= 15 is 0 Å². The number of benzene rings is 1. The van der Waals surface area contributed by atoms with Crippen LogP contribution in [-0.2, 0) is 0 Å². The van der Waals surface area contributed by atoms with Gasteiger partial charge in [-0.05, 0) is 30.9 Å². The van der Waals surface area contributed by atoms with Crippen molar-refractivity contribution >= 4 is 11.6 Å². The van der Waals surface area contributed by atoms with Gasteiger partial charge in [-0.2, -0.15) is 0 Å². The van der Waals surface area contributed by atoms with Crippen molar-refractivity contribution in [1.82, 2.24) is 0 Å². The van der Waals surface area contributed by atoms with E-state index in [0.29, 0.717) is 5.56 Å². The van der Waals surface area contributed by atoms with Crippen LogP contribution in [-0.4, -0.2) is 5.11 Å². The third-order valence-electron chi connectivity index (χ3n) is 3.70. The maximum absolute atomic E-state index is 13.2. The highest BCUT2D eigenvalue weighted by Crippen LogP contribution is 2.36. The van der Waals surface area contributed by atoms with E-state index in [1.807, 2.05) is 0 Å². The maximum Gasteiger partial charge on any atom is 0.160 e. The van der Waals surface area contributed by atoms with E-state index in [4.69, 9.17) is 11.6 Å². The van der Waals surface area contributed by atoms with Crippen LogP contribution in [0.3, 0.4) is 0 Å². The summed E-state index contributed by atoms with van der Waals surface area (Å²) >= 11 is 5.89. The molecule has 100 valence electrons. The van der Waals surface area contributed by atoms with Gasteiger partial charge in [0.25, 0.3) is 0 Å². The molecular formula is C14H17ClF2O. The average Bonchev–Trinajstić information content (AvgIpc) is 2.61. The van der Waals surface area contributed by atoms with Gasteiger partial charge in [-0.25, -0.2) is 8.78 Å². The third-order valence-corrected chi connectivity index (χ3v) is 4.03. The molecule has 0 spiro atoms. The summed E-state index contributed by atoms with van der Waals surface area (Å²) in [6.45, 7) is 0. The lowest BCUT2D eigenvalue weighted by atomic mass is 9.89. The predicted octanol–water partition coefficient (Wildman–Crippen LogP) is 4.62. The van der Waals surface area contributed by atoms with Crippen molar-refractivity contribution in [3.8, 4) is 0 Å². The first-order valence-electron chi connectivity index (χ1n) is 6.42. The highest BCUT2D eigenvalue weighted by Gasteiger charge is 2.25. The Balaban J connectivity index is 2.21. The largest absolute Gasteiger partial charge is 0.388 e. The summed E-state index contributed by atoms with van der Waals surface area (Å²) in [5, 5.41) is 10.4. The molecule has 1 aliphatic rings. The Morgan fingerprint density at radius 3 is 2.22 bits per heavy atom. The van der Waals surface area contributed by atoms with Crippen LogP contribution in [0, 0.1) is 17.6 Å². The SMILES string of the molecule is OC(c1cc(F)c(F)cc1Cl)C1CCCCCC1. The van der Waals surface area contributed by atoms with Gasteiger partial charge in [0, 0.05) is 10.6 Å². The summed E-state index contributed by atoms with van der Waals surface area (Å²) in [5.41, 5.74) is 0.308. The van der Waals surface area contributed by atoms with Crippen LogP contribution in [0.4, 0.5) is 8.78 Å². The van der Waals surface area contributed by atoms with Gasteiger partial charge in [0.05, 0.1) is 6.10 Å². The topological polar surface area (TPSA) is 20.2 Å². The molecule has 0 amide bonds. The molecule has 1 N–H and O–H groups in total. The van der Waals surface area contributed by atoms with E-state index in [2.05, 4.69) is 0 Å². The molecule has 0 radical (unpaired) electrons. The van der Waals surface area contributed by atoms with Crippen molar-refractivity contribution < 1.29 is 13.9 Å². The highest BCUT2D eigenvalue weighted by molar-refractivity contribution is 6.31. The Kier molecular flexibility index (Phi) is 4.57. The highest BCUT2D eigenvalue weighted by atomic mass is 35.5. The molecule has 1 atom stereocenters. The summed E-state index contributed by atoms with van der Waals surface area (Å²) in [5.74, 6) is -1.84. The molecule has 1 saturated carbocycles. The van der Waals surface area contributed by atoms with E-state index < -0.39 is 17.7 Å². The summed E-state index contributed by atoms with van der Waals surface area (Å²) in [6, 6.07) is 1.96. The number of rotatable bonds is 2. The van der Waals surface area contributed by atoms with E-state index in [1.54, 1.807) is 0 Å². The van der Waals surface area contributed by atoms with Gasteiger partial charge < -0.3 is 5.11 Å². The second-order valence-corrected chi connectivity index (χ2v) is 5.39. The fourth-order valence-electron chi connectivity index (χ4n) is 2.65. The number of halogens is 3. The molecule has 1 fully saturated rings. The van der Waals surface area contributed by atoms with Crippen molar-refractivity contribution in [3.63, 3.8) is 0 Å². The molecule has 0 heterocycles. The molecule has 18 heavy (non-hydrogen) atoms. The van der Waals surface area contributed by atoms with Crippen molar-refractivity contribution in [2.24, 2.45) is 5.92 Å². The Bertz CT molecular complexity index is 415. The molecule has 0 saturated heterocycles. The minimum atomic E-state index is -0.975. The number of hydrogen-bond acceptors (Lipinski definition) is 1. The number of aliphatic hydroxyl groups excluding tert-OH is 1. The van der Waals surface area contributed by atoms with Crippen molar-refractivity contribution in [2.75, 3.05) is 0 Å². The zero-order valence-electron chi connectivity index (χ0n) is 10.1. The van der Waals surface area contributed by atoms with Gasteiger partial charge in [0.2, 0.25) is 0 Å². The molecule has 4 heteroatoms. The first kappa shape index (κ1) is 13.8. The van der Waals surface area contributed by atoms with Gasteiger partial charge in [0.15, 0.2) is 11.6 Å². The third kappa shape index (κ3) is 3.01. The summed E-state index contributed by atoms with van der Waals surface area (Å²) in [7, 11) is 0. The lowest BCUT2D eigenvalue weighted by Gasteiger charge is -2.22. The van der Waals surface area contributed by atoms with Gasteiger partial charge >= 0.3 is 0 Å². The van der Waals surface area contributed by atoms with Crippen LogP contribution < -0.4 is 0 Å². The average molecular weight is 275 g/mol. The minimum Gasteiger partial charge on any atom is -0.388 e. The monoisotopic (exact) mass is 274 g/mol. The molecule has 1 aliphatic carbocycles. The Hall–Kier alpha value is -0.670. The minimum absolute atomic E-state index is 0.0925. The molecular weight excluding hydrogens is 258 g/mol. The molecule has 0 aliphatic heterocycles. The van der Waals surface area contributed by atoms with Crippen LogP contribution in [0.5, 0.6) is 0 Å². The summed E-state index contributed by atoms with van der Waals surface area (Å²) in [6.07, 6.45) is 5.52. The zero-order valence-corrected chi connectivity index (χ0v) is 10.9. The molecule has 1 aromatic rings. The first-order valence-corrected chi connectivity index (χ1v) is 6.80. The standard InChI is InChI=1S/C14H17ClF2O/c15-11-8-13(17)12(16)7-10(11)14(18)9-5-3-1-2-4-6-9/h7-9,14,18H,1-6H2. The molecule has 0 bridgehead atoms. The molecule has 1 nitrogen and oxygen atoms in total. The Labute approximate surface area is 111 Å². The molecule has 1 aromatic carbocycles. The van der Waals surface area contributed by atoms with Crippen LogP contribution in [0.15, 0.2) is 12.1 Å². The van der Waals surface area contributed by atoms with Crippen LogP contribution in [0.2, 0.25) is 5.02 Å². The van der Waals surface area contributed by atoms with E-state index in [1.165, 1.54) is 12.8 Å². The van der Waals surface area contributed by atoms with Crippen LogP contribution in [0.1, 0.15) is 50.2 Å². The fourth-order valence-corrected chi connectivity index (χ4v) is 2.91. The zero-order chi connectivity index (χ0) is 13.1. The summed E-state index contributed by atoms with van der Waals surface area (Å²) in [4.78, 5) is 0. The smallest absolute Gasteiger partial charge is 0.160 e. The predicted molar refractivity (Wildman–Crippen MR) is 67.5 cm³/mol. The van der Waals surface area contributed by atoms with E-state index in [9.17, 15) is 13.9 Å². The Morgan fingerprint density at radius 1 is 1.06 bits per heavy atom. The van der Waals surface area contributed by atoms with E-state index in [-0.39, 0.29) is 10.9 Å². The molecule has 0 aromatic heterocycles. The Morgan fingerprint density at radius 2 is 1.61 bits per heavy atom. The second kappa shape index (κ2) is 5.98. The summed E-state index contributed by atoms with van der Waals surface area (Å²) < 4.78 is 26.2. The fraction of sp³-hybridized carbons (Fsp3) is 0.571. The van der Waals surface area contributed by atoms with E-state index in [0.717, 1.165) is 37.8 Å². The lowest BCUT2D eigenvalue weighted by Crippen LogP contribution is -2.13. The van der Waals surface area contributed by atoms with Gasteiger partial charge in [-0.3, -0.25) is 0 Å². The van der Waals surface area contributed by atoms with Gasteiger partial charge in [-0.1, -0.05) is 37.3 Å². The molecule has 1 unspecified atom stereocenters. The van der Waals surface area contributed by atoms with Crippen molar-refractivity contribution in [2.45, 2.75) is 44.6 Å². The van der Waals surface area contributed by atoms with Crippen molar-refractivity contribution in [3.05, 3.63) is 34.4 Å². The van der Waals surface area contributed by atoms with Gasteiger partial charge in [-0.15, -0.1) is 0 Å². The molecule has 2 rings (SSSR count). The van der Waals surface area contributed by atoms with Gasteiger partial charge in [0.1, 0.15) is 0 Å². The van der Waals surface area contributed by atoms with Crippen LogP contribution in [0.25, 0.3) is 0 Å². The first-order chi connectivity index (χ1) is 8.59. The number of hydrogen-bond donors (Lipinski definition) is 1. The number of aliphatic hydroxyl groups is 1. The quantitative estimate of drug-likeness (QED) is 0.616.